The lowest BCUT2D eigenvalue weighted by molar-refractivity contribution is -0.122. The number of nitrogens with one attached hydrogen (secondary N) is 1. The Bertz CT molecular complexity index is 1090. The Hall–Kier alpha value is -2.90. The minimum atomic E-state index is -0.577. The van der Waals surface area contributed by atoms with Crippen molar-refractivity contribution in [2.45, 2.75) is 51.5 Å². The Morgan fingerprint density at radius 1 is 1.06 bits per heavy atom. The maximum atomic E-state index is 13.2. The number of carbonyl (C=O) groups excluding carboxylic acids is 2. The van der Waals surface area contributed by atoms with Crippen molar-refractivity contribution in [3.63, 3.8) is 0 Å². The van der Waals surface area contributed by atoms with Crippen LogP contribution in [-0.2, 0) is 4.79 Å². The summed E-state index contributed by atoms with van der Waals surface area (Å²) in [4.78, 5) is 35.1. The van der Waals surface area contributed by atoms with Crippen LogP contribution in [0.15, 0.2) is 48.8 Å². The number of ketones is 1. The van der Waals surface area contributed by atoms with Crippen LogP contribution in [0, 0.1) is 12.8 Å². The molecule has 6 nitrogen and oxygen atoms in total. The van der Waals surface area contributed by atoms with Crippen molar-refractivity contribution in [1.29, 1.82) is 0 Å². The number of benzene rings is 1. The largest absolute Gasteiger partial charge is 0.347 e. The monoisotopic (exact) mass is 462 g/mol. The molecule has 1 unspecified atom stereocenters. The van der Waals surface area contributed by atoms with Gasteiger partial charge in [-0.25, -0.2) is 4.98 Å². The van der Waals surface area contributed by atoms with Crippen molar-refractivity contribution in [2.75, 3.05) is 6.54 Å². The zero-order chi connectivity index (χ0) is 23.2. The summed E-state index contributed by atoms with van der Waals surface area (Å²) in [6, 6.07) is 11.1. The average Bonchev–Trinajstić information content (AvgIpc) is 3.29. The number of thiazole rings is 1. The van der Waals surface area contributed by atoms with E-state index in [1.165, 1.54) is 30.6 Å². The third-order valence-corrected chi connectivity index (χ3v) is 7.35. The van der Waals surface area contributed by atoms with Gasteiger partial charge in [0.05, 0.1) is 18.3 Å². The maximum absolute atomic E-state index is 13.2. The molecule has 33 heavy (non-hydrogen) atoms. The molecule has 4 rings (SSSR count). The Kier molecular flexibility index (Phi) is 7.62. The summed E-state index contributed by atoms with van der Waals surface area (Å²) in [6.45, 7) is 1.93. The van der Waals surface area contributed by atoms with Gasteiger partial charge in [0.1, 0.15) is 9.88 Å². The lowest BCUT2D eigenvalue weighted by Crippen LogP contribution is -2.43. The lowest BCUT2D eigenvalue weighted by atomic mass is 9.85. The van der Waals surface area contributed by atoms with Crippen LogP contribution in [0.4, 0.5) is 0 Å². The summed E-state index contributed by atoms with van der Waals surface area (Å²) < 4.78 is 0. The van der Waals surface area contributed by atoms with E-state index >= 15 is 0 Å². The molecule has 1 aliphatic rings. The Labute approximate surface area is 198 Å². The average molecular weight is 463 g/mol. The molecule has 1 amide bonds. The number of nitrogens with zero attached hydrogens (tertiary/aromatic N) is 2. The fourth-order valence-corrected chi connectivity index (χ4v) is 5.33. The quantitative estimate of drug-likeness (QED) is 0.470. The normalized spacial score (nSPS) is 15.2. The van der Waals surface area contributed by atoms with Crippen molar-refractivity contribution in [3.8, 4) is 21.8 Å². The predicted molar refractivity (Wildman–Crippen MR) is 132 cm³/mol. The van der Waals surface area contributed by atoms with Gasteiger partial charge in [0.2, 0.25) is 5.91 Å². The van der Waals surface area contributed by atoms with Gasteiger partial charge in [0.25, 0.3) is 0 Å². The van der Waals surface area contributed by atoms with Crippen LogP contribution in [0.5, 0.6) is 0 Å². The van der Waals surface area contributed by atoms with Gasteiger partial charge in [-0.2, -0.15) is 0 Å². The molecule has 1 atom stereocenters. The van der Waals surface area contributed by atoms with E-state index in [9.17, 15) is 9.59 Å². The molecule has 0 spiro atoms. The van der Waals surface area contributed by atoms with E-state index in [1.807, 2.05) is 43.3 Å². The molecule has 1 saturated carbocycles. The van der Waals surface area contributed by atoms with Gasteiger partial charge in [0.15, 0.2) is 5.78 Å². The molecule has 3 N–H and O–H groups in total. The molecule has 3 aromatic rings. The second kappa shape index (κ2) is 10.8. The molecular formula is C26H30N4O2S. The van der Waals surface area contributed by atoms with Gasteiger partial charge >= 0.3 is 0 Å². The third-order valence-electron chi connectivity index (χ3n) is 6.20. The highest BCUT2D eigenvalue weighted by molar-refractivity contribution is 7.17. The summed E-state index contributed by atoms with van der Waals surface area (Å²) in [5, 5.41) is 3.51. The number of rotatable bonds is 8. The number of nitrogens with two attached hydrogens (primary N) is 1. The van der Waals surface area contributed by atoms with E-state index in [4.69, 9.17) is 10.7 Å². The highest BCUT2D eigenvalue weighted by atomic mass is 32.1. The number of Topliss-reactive ketones (excluding diaryl/α,β-unsaturated/α-hetero) is 1. The van der Waals surface area contributed by atoms with Gasteiger partial charge in [-0.05, 0) is 31.4 Å². The van der Waals surface area contributed by atoms with Gasteiger partial charge in [-0.15, -0.1) is 11.3 Å². The first-order valence-corrected chi connectivity index (χ1v) is 12.4. The number of aryl methyl sites for hydroxylation is 1. The molecule has 0 bridgehead atoms. The highest BCUT2D eigenvalue weighted by Crippen LogP contribution is 2.34. The van der Waals surface area contributed by atoms with E-state index in [0.717, 1.165) is 34.5 Å². The van der Waals surface area contributed by atoms with Crippen LogP contribution in [0.1, 0.15) is 53.8 Å². The SMILES string of the molecule is Cc1ccc(-c2nc(-c3ccncc3)sc2C(=O)CNC(=O)C(N)CC2CCCCC2)cc1. The minimum absolute atomic E-state index is 0.0892. The standard InChI is InChI=1S/C26H30N4O2S/c1-17-7-9-19(10-8-17)23-24(33-26(30-23)20-11-13-28-14-12-20)22(31)16-29-25(32)21(27)15-18-5-3-2-4-6-18/h7-14,18,21H,2-6,15-16,27H2,1H3,(H,29,32). The summed E-state index contributed by atoms with van der Waals surface area (Å²) >= 11 is 1.34. The van der Waals surface area contributed by atoms with Gasteiger partial charge in [-0.1, -0.05) is 61.9 Å². The first-order chi connectivity index (χ1) is 16.0. The number of aromatic nitrogens is 2. The number of hydrogen-bond acceptors (Lipinski definition) is 6. The van der Waals surface area contributed by atoms with Crippen LogP contribution in [0.25, 0.3) is 21.8 Å². The molecule has 0 saturated heterocycles. The highest BCUT2D eigenvalue weighted by Gasteiger charge is 2.24. The fourth-order valence-electron chi connectivity index (χ4n) is 4.30. The Morgan fingerprint density at radius 3 is 2.45 bits per heavy atom. The summed E-state index contributed by atoms with van der Waals surface area (Å²) in [5.41, 5.74) is 9.70. The number of hydrogen-bond donors (Lipinski definition) is 2. The molecule has 0 aliphatic heterocycles. The van der Waals surface area contributed by atoms with E-state index in [0.29, 0.717) is 22.9 Å². The van der Waals surface area contributed by atoms with Crippen LogP contribution in [0.2, 0.25) is 0 Å². The van der Waals surface area contributed by atoms with Gasteiger partial charge in [0, 0.05) is 23.5 Å². The minimum Gasteiger partial charge on any atom is -0.347 e. The number of pyridine rings is 1. The first kappa shape index (κ1) is 23.3. The van der Waals surface area contributed by atoms with Crippen LogP contribution >= 0.6 is 11.3 Å². The molecule has 2 heterocycles. The van der Waals surface area contributed by atoms with Gasteiger partial charge < -0.3 is 11.1 Å². The third kappa shape index (κ3) is 5.92. The Morgan fingerprint density at radius 2 is 1.76 bits per heavy atom. The molecular weight excluding hydrogens is 432 g/mol. The van der Waals surface area contributed by atoms with Gasteiger partial charge in [-0.3, -0.25) is 14.6 Å². The second-order valence-electron chi connectivity index (χ2n) is 8.79. The molecule has 0 radical (unpaired) electrons. The molecule has 7 heteroatoms. The molecule has 1 aliphatic carbocycles. The van der Waals surface area contributed by atoms with Crippen molar-refractivity contribution in [2.24, 2.45) is 11.7 Å². The van der Waals surface area contributed by atoms with Crippen LogP contribution in [-0.4, -0.2) is 34.2 Å². The first-order valence-electron chi connectivity index (χ1n) is 11.6. The van der Waals surface area contributed by atoms with Crippen molar-refractivity contribution >= 4 is 23.0 Å². The number of carbonyl (C=O) groups is 2. The zero-order valence-electron chi connectivity index (χ0n) is 18.9. The van der Waals surface area contributed by atoms with Crippen LogP contribution < -0.4 is 11.1 Å². The van der Waals surface area contributed by atoms with Crippen molar-refractivity contribution in [1.82, 2.24) is 15.3 Å². The number of amides is 1. The molecule has 172 valence electrons. The maximum Gasteiger partial charge on any atom is 0.237 e. The summed E-state index contributed by atoms with van der Waals surface area (Å²) in [7, 11) is 0. The smallest absolute Gasteiger partial charge is 0.237 e. The molecule has 2 aromatic heterocycles. The van der Waals surface area contributed by atoms with E-state index in [-0.39, 0.29) is 18.2 Å². The summed E-state index contributed by atoms with van der Waals surface area (Å²) in [6.07, 6.45) is 10.1. The summed E-state index contributed by atoms with van der Waals surface area (Å²) in [5.74, 6) is 0.0824. The Balaban J connectivity index is 1.49. The molecule has 1 aromatic carbocycles. The topological polar surface area (TPSA) is 98.0 Å². The van der Waals surface area contributed by atoms with Crippen LogP contribution in [0.3, 0.4) is 0 Å². The van der Waals surface area contributed by atoms with Crippen molar-refractivity contribution in [3.05, 3.63) is 59.2 Å². The van der Waals surface area contributed by atoms with E-state index in [2.05, 4.69) is 10.3 Å². The van der Waals surface area contributed by atoms with E-state index < -0.39 is 6.04 Å². The van der Waals surface area contributed by atoms with Crippen molar-refractivity contribution < 1.29 is 9.59 Å². The second-order valence-corrected chi connectivity index (χ2v) is 9.78. The fraction of sp³-hybridized carbons (Fsp3) is 0.385. The predicted octanol–water partition coefficient (Wildman–Crippen LogP) is 4.78. The molecule has 1 fully saturated rings. The van der Waals surface area contributed by atoms with E-state index in [1.54, 1.807) is 12.4 Å². The lowest BCUT2D eigenvalue weighted by Gasteiger charge is -2.24. The zero-order valence-corrected chi connectivity index (χ0v) is 19.7.